The average Bonchev–Trinajstić information content (AvgIpc) is 3.03. The van der Waals surface area contributed by atoms with Crippen molar-refractivity contribution in [3.8, 4) is 0 Å². The molecule has 2 aromatic rings. The SMILES string of the molecule is CC(c1ccco1)N(C)C(=O)CC(=O)Nc1ccc(F)c(Cl)c1. The van der Waals surface area contributed by atoms with Gasteiger partial charge in [0.25, 0.3) is 0 Å². The van der Waals surface area contributed by atoms with E-state index in [0.717, 1.165) is 6.07 Å². The van der Waals surface area contributed by atoms with Gasteiger partial charge in [0, 0.05) is 12.7 Å². The molecular weight excluding hydrogens is 323 g/mol. The number of nitrogens with zero attached hydrogens (tertiary/aromatic N) is 1. The summed E-state index contributed by atoms with van der Waals surface area (Å²) in [5, 5.41) is 2.41. The lowest BCUT2D eigenvalue weighted by Gasteiger charge is -2.23. The molecule has 0 fully saturated rings. The van der Waals surface area contributed by atoms with E-state index in [1.807, 2.05) is 0 Å². The molecule has 7 heteroatoms. The number of benzene rings is 1. The van der Waals surface area contributed by atoms with Crippen LogP contribution in [0.2, 0.25) is 5.02 Å². The summed E-state index contributed by atoms with van der Waals surface area (Å²) in [5.41, 5.74) is 0.330. The van der Waals surface area contributed by atoms with Gasteiger partial charge in [-0.3, -0.25) is 9.59 Å². The van der Waals surface area contributed by atoms with Gasteiger partial charge in [-0.15, -0.1) is 0 Å². The van der Waals surface area contributed by atoms with Crippen LogP contribution in [0.25, 0.3) is 0 Å². The zero-order valence-corrected chi connectivity index (χ0v) is 13.4. The lowest BCUT2D eigenvalue weighted by atomic mass is 10.2. The van der Waals surface area contributed by atoms with Gasteiger partial charge in [-0.05, 0) is 37.3 Å². The molecular formula is C16H16ClFN2O3. The van der Waals surface area contributed by atoms with Crippen molar-refractivity contribution in [2.75, 3.05) is 12.4 Å². The third-order valence-electron chi connectivity index (χ3n) is 3.44. The fraction of sp³-hybridized carbons (Fsp3) is 0.250. The predicted octanol–water partition coefficient (Wildman–Crippen LogP) is 3.62. The Balaban J connectivity index is 1.93. The van der Waals surface area contributed by atoms with Crippen LogP contribution < -0.4 is 5.32 Å². The van der Waals surface area contributed by atoms with Crippen LogP contribution >= 0.6 is 11.6 Å². The van der Waals surface area contributed by atoms with Gasteiger partial charge in [0.15, 0.2) is 0 Å². The second-order valence-electron chi connectivity index (χ2n) is 5.05. The summed E-state index contributed by atoms with van der Waals surface area (Å²) < 4.78 is 18.3. The topological polar surface area (TPSA) is 62.6 Å². The van der Waals surface area contributed by atoms with E-state index in [-0.39, 0.29) is 23.4 Å². The van der Waals surface area contributed by atoms with Crippen molar-refractivity contribution in [1.29, 1.82) is 0 Å². The molecule has 1 unspecified atom stereocenters. The maximum Gasteiger partial charge on any atom is 0.233 e. The molecule has 1 N–H and O–H groups in total. The first-order valence-electron chi connectivity index (χ1n) is 6.92. The van der Waals surface area contributed by atoms with Gasteiger partial charge in [-0.25, -0.2) is 4.39 Å². The molecule has 1 aromatic heterocycles. The van der Waals surface area contributed by atoms with Crippen LogP contribution in [0.4, 0.5) is 10.1 Å². The highest BCUT2D eigenvalue weighted by molar-refractivity contribution is 6.31. The van der Waals surface area contributed by atoms with Crippen molar-refractivity contribution < 1.29 is 18.4 Å². The number of rotatable bonds is 5. The summed E-state index contributed by atoms with van der Waals surface area (Å²) in [6.45, 7) is 1.80. The number of carbonyl (C=O) groups excluding carboxylic acids is 2. The van der Waals surface area contributed by atoms with Crippen molar-refractivity contribution in [2.45, 2.75) is 19.4 Å². The summed E-state index contributed by atoms with van der Waals surface area (Å²) >= 11 is 5.64. The molecule has 1 atom stereocenters. The van der Waals surface area contributed by atoms with Crippen molar-refractivity contribution in [3.05, 3.63) is 53.2 Å². The summed E-state index contributed by atoms with van der Waals surface area (Å²) in [7, 11) is 1.59. The minimum absolute atomic E-state index is 0.0994. The minimum Gasteiger partial charge on any atom is -0.467 e. The fourth-order valence-electron chi connectivity index (χ4n) is 1.98. The van der Waals surface area contributed by atoms with Crippen molar-refractivity contribution >= 4 is 29.1 Å². The Labute approximate surface area is 138 Å². The van der Waals surface area contributed by atoms with Gasteiger partial charge in [-0.2, -0.15) is 0 Å². The van der Waals surface area contributed by atoms with E-state index >= 15 is 0 Å². The molecule has 0 aliphatic rings. The lowest BCUT2D eigenvalue weighted by Crippen LogP contribution is -2.32. The average molecular weight is 339 g/mol. The minimum atomic E-state index is -0.576. The Hall–Kier alpha value is -2.34. The second kappa shape index (κ2) is 7.28. The van der Waals surface area contributed by atoms with Gasteiger partial charge in [0.05, 0.1) is 17.3 Å². The number of hydrogen-bond acceptors (Lipinski definition) is 3. The largest absolute Gasteiger partial charge is 0.467 e. The highest BCUT2D eigenvalue weighted by atomic mass is 35.5. The maximum atomic E-state index is 13.1. The van der Waals surface area contributed by atoms with Crippen LogP contribution in [0, 0.1) is 5.82 Å². The van der Waals surface area contributed by atoms with Gasteiger partial charge in [-0.1, -0.05) is 11.6 Å². The Morgan fingerprint density at radius 3 is 2.74 bits per heavy atom. The molecule has 1 heterocycles. The van der Waals surface area contributed by atoms with Gasteiger partial charge in [0.1, 0.15) is 18.0 Å². The lowest BCUT2D eigenvalue weighted by molar-refractivity contribution is -0.135. The third kappa shape index (κ3) is 4.32. The first-order chi connectivity index (χ1) is 10.9. The summed E-state index contributed by atoms with van der Waals surface area (Å²) in [6.07, 6.45) is 1.19. The van der Waals surface area contributed by atoms with E-state index in [9.17, 15) is 14.0 Å². The standard InChI is InChI=1S/C16H16ClFN2O3/c1-10(14-4-3-7-23-14)20(2)16(22)9-15(21)19-11-5-6-13(18)12(17)8-11/h3-8,10H,9H2,1-2H3,(H,19,21). The van der Waals surface area contributed by atoms with Crippen LogP contribution in [-0.2, 0) is 9.59 Å². The van der Waals surface area contributed by atoms with E-state index in [4.69, 9.17) is 16.0 Å². The zero-order valence-electron chi connectivity index (χ0n) is 12.7. The second-order valence-corrected chi connectivity index (χ2v) is 5.46. The van der Waals surface area contributed by atoms with Crippen molar-refractivity contribution in [3.63, 3.8) is 0 Å². The Morgan fingerprint density at radius 1 is 1.39 bits per heavy atom. The van der Waals surface area contributed by atoms with Crippen LogP contribution in [0.5, 0.6) is 0 Å². The number of carbonyl (C=O) groups is 2. The van der Waals surface area contributed by atoms with Crippen LogP contribution in [0.3, 0.4) is 0 Å². The highest BCUT2D eigenvalue weighted by Gasteiger charge is 2.21. The molecule has 1 aromatic carbocycles. The maximum absolute atomic E-state index is 13.1. The Kier molecular flexibility index (Phi) is 5.39. The summed E-state index contributed by atoms with van der Waals surface area (Å²) in [5.74, 6) is -0.810. The molecule has 2 amide bonds. The van der Waals surface area contributed by atoms with E-state index in [1.54, 1.807) is 26.1 Å². The van der Waals surface area contributed by atoms with Crippen LogP contribution in [0.15, 0.2) is 41.0 Å². The first kappa shape index (κ1) is 17.0. The third-order valence-corrected chi connectivity index (χ3v) is 3.73. The van der Waals surface area contributed by atoms with E-state index in [1.165, 1.54) is 23.3 Å². The molecule has 0 saturated heterocycles. The number of furan rings is 1. The van der Waals surface area contributed by atoms with Gasteiger partial charge >= 0.3 is 0 Å². The molecule has 122 valence electrons. The summed E-state index contributed by atoms with van der Waals surface area (Å²) in [4.78, 5) is 25.5. The number of hydrogen-bond donors (Lipinski definition) is 1. The Bertz CT molecular complexity index is 703. The molecule has 0 aliphatic carbocycles. The van der Waals surface area contributed by atoms with Gasteiger partial charge < -0.3 is 14.6 Å². The smallest absolute Gasteiger partial charge is 0.233 e. The van der Waals surface area contributed by atoms with Crippen molar-refractivity contribution in [1.82, 2.24) is 4.90 Å². The van der Waals surface area contributed by atoms with E-state index < -0.39 is 11.7 Å². The van der Waals surface area contributed by atoms with Crippen molar-refractivity contribution in [2.24, 2.45) is 0 Å². The molecule has 23 heavy (non-hydrogen) atoms. The number of amides is 2. The summed E-state index contributed by atoms with van der Waals surface area (Å²) in [6, 6.07) is 7.01. The molecule has 0 saturated carbocycles. The quantitative estimate of drug-likeness (QED) is 0.847. The zero-order chi connectivity index (χ0) is 17.0. The molecule has 0 radical (unpaired) electrons. The normalized spacial score (nSPS) is 11.8. The van der Waals surface area contributed by atoms with E-state index in [2.05, 4.69) is 5.32 Å². The molecule has 5 nitrogen and oxygen atoms in total. The molecule has 2 rings (SSSR count). The number of nitrogens with one attached hydrogen (secondary N) is 1. The van der Waals surface area contributed by atoms with Crippen LogP contribution in [-0.4, -0.2) is 23.8 Å². The molecule has 0 spiro atoms. The molecule has 0 aliphatic heterocycles. The predicted molar refractivity (Wildman–Crippen MR) is 84.5 cm³/mol. The van der Waals surface area contributed by atoms with Crippen LogP contribution in [0.1, 0.15) is 25.1 Å². The molecule has 0 bridgehead atoms. The first-order valence-corrected chi connectivity index (χ1v) is 7.30. The van der Waals surface area contributed by atoms with Gasteiger partial charge in [0.2, 0.25) is 11.8 Å². The monoisotopic (exact) mass is 338 g/mol. The number of halogens is 2. The number of anilines is 1. The Morgan fingerprint density at radius 2 is 2.13 bits per heavy atom. The van der Waals surface area contributed by atoms with E-state index in [0.29, 0.717) is 11.4 Å². The highest BCUT2D eigenvalue weighted by Crippen LogP contribution is 2.21. The fourth-order valence-corrected chi connectivity index (χ4v) is 2.16.